The van der Waals surface area contributed by atoms with E-state index in [-0.39, 0.29) is 5.69 Å². The molecule has 0 radical (unpaired) electrons. The minimum Gasteiger partial charge on any atom is -0.274 e. The van der Waals surface area contributed by atoms with Gasteiger partial charge in [-0.1, -0.05) is 94.5 Å². The van der Waals surface area contributed by atoms with Gasteiger partial charge in [0.05, 0.1) is 6.54 Å². The van der Waals surface area contributed by atoms with Crippen molar-refractivity contribution in [2.24, 2.45) is 0 Å². The minimum atomic E-state index is -0.00174. The highest BCUT2D eigenvalue weighted by atomic mass is 16.2. The Morgan fingerprint density at radius 2 is 1.60 bits per heavy atom. The van der Waals surface area contributed by atoms with Gasteiger partial charge in [-0.2, -0.15) is 10.3 Å². The summed E-state index contributed by atoms with van der Waals surface area (Å²) in [5.74, 6) is 1.47. The van der Waals surface area contributed by atoms with Crippen LogP contribution in [0.3, 0.4) is 0 Å². The summed E-state index contributed by atoms with van der Waals surface area (Å²) in [5, 5.41) is 19.2. The summed E-state index contributed by atoms with van der Waals surface area (Å²) >= 11 is 0. The molecular weight excluding hydrogens is 438 g/mol. The zero-order valence-electron chi connectivity index (χ0n) is 20.8. The topological polar surface area (TPSA) is 94.3 Å². The molecular formula is C27H35N7O. The molecule has 0 aliphatic rings. The van der Waals surface area contributed by atoms with E-state index in [1.807, 2.05) is 22.8 Å². The molecule has 0 atom stereocenters. The maximum atomic E-state index is 13.2. The zero-order chi connectivity index (χ0) is 24.5. The van der Waals surface area contributed by atoms with Gasteiger partial charge in [0.1, 0.15) is 5.82 Å². The van der Waals surface area contributed by atoms with Crippen LogP contribution < -0.4 is 5.69 Å². The van der Waals surface area contributed by atoms with Crippen LogP contribution in [0.15, 0.2) is 53.3 Å². The lowest BCUT2D eigenvalue weighted by Crippen LogP contribution is -2.26. The lowest BCUT2D eigenvalue weighted by molar-refractivity contribution is 0.529. The molecule has 0 fully saturated rings. The summed E-state index contributed by atoms with van der Waals surface area (Å²) < 4.78 is 3.53. The summed E-state index contributed by atoms with van der Waals surface area (Å²) in [5.41, 5.74) is 4.11. The first-order valence-corrected chi connectivity index (χ1v) is 12.8. The van der Waals surface area contributed by atoms with Crippen LogP contribution in [0.25, 0.3) is 22.5 Å². The van der Waals surface area contributed by atoms with Crippen molar-refractivity contribution in [1.82, 2.24) is 35.0 Å². The largest absolute Gasteiger partial charge is 0.346 e. The quantitative estimate of drug-likeness (QED) is 0.268. The molecule has 4 aromatic rings. The van der Waals surface area contributed by atoms with E-state index in [9.17, 15) is 4.79 Å². The van der Waals surface area contributed by atoms with Crippen LogP contribution in [0.2, 0.25) is 0 Å². The number of rotatable bonds is 13. The van der Waals surface area contributed by atoms with Crippen LogP contribution in [0.1, 0.15) is 70.2 Å². The molecule has 0 bridgehead atoms. The van der Waals surface area contributed by atoms with E-state index in [1.165, 1.54) is 19.3 Å². The summed E-state index contributed by atoms with van der Waals surface area (Å²) in [6, 6.07) is 16.4. The van der Waals surface area contributed by atoms with E-state index in [2.05, 4.69) is 64.8 Å². The second kappa shape index (κ2) is 12.2. The fourth-order valence-corrected chi connectivity index (χ4v) is 4.37. The SMILES string of the molecule is CCCCCCc1nn(CCCCC)c(=O)n1Cc1ccc(-c2ccccc2-c2nn[nH]n2)cc1. The van der Waals surface area contributed by atoms with E-state index in [1.54, 1.807) is 4.68 Å². The molecule has 1 N–H and O–H groups in total. The number of nitrogens with one attached hydrogen (secondary N) is 1. The number of unbranched alkanes of at least 4 members (excludes halogenated alkanes) is 5. The molecule has 0 aliphatic heterocycles. The maximum absolute atomic E-state index is 13.2. The van der Waals surface area contributed by atoms with Crippen molar-refractivity contribution in [3.05, 3.63) is 70.4 Å². The van der Waals surface area contributed by atoms with Crippen molar-refractivity contribution < 1.29 is 0 Å². The van der Waals surface area contributed by atoms with E-state index in [0.717, 1.165) is 60.2 Å². The summed E-state index contributed by atoms with van der Waals surface area (Å²) in [4.78, 5) is 13.2. The Kier molecular flexibility index (Phi) is 8.59. The average Bonchev–Trinajstić information content (AvgIpc) is 3.52. The van der Waals surface area contributed by atoms with E-state index >= 15 is 0 Å². The van der Waals surface area contributed by atoms with E-state index in [0.29, 0.717) is 18.9 Å². The number of aryl methyl sites for hydroxylation is 2. The molecule has 184 valence electrons. The molecule has 0 amide bonds. The Bertz CT molecular complexity index is 1240. The molecule has 35 heavy (non-hydrogen) atoms. The summed E-state index contributed by atoms with van der Waals surface area (Å²) in [7, 11) is 0. The predicted octanol–water partition coefficient (Wildman–Crippen LogP) is 5.25. The summed E-state index contributed by atoms with van der Waals surface area (Å²) in [6.45, 7) is 5.60. The number of benzene rings is 2. The maximum Gasteiger partial charge on any atom is 0.346 e. The third kappa shape index (κ3) is 6.12. The normalized spacial score (nSPS) is 11.3. The van der Waals surface area contributed by atoms with Crippen LogP contribution >= 0.6 is 0 Å². The molecule has 8 heteroatoms. The van der Waals surface area contributed by atoms with Crippen molar-refractivity contribution in [2.75, 3.05) is 0 Å². The summed E-state index contributed by atoms with van der Waals surface area (Å²) in [6.07, 6.45) is 8.70. The van der Waals surface area contributed by atoms with Crippen molar-refractivity contribution in [2.45, 2.75) is 78.3 Å². The number of aromatic amines is 1. The highest BCUT2D eigenvalue weighted by molar-refractivity contribution is 5.80. The number of H-pyrrole nitrogens is 1. The van der Waals surface area contributed by atoms with Crippen molar-refractivity contribution >= 4 is 0 Å². The van der Waals surface area contributed by atoms with Crippen molar-refractivity contribution in [3.8, 4) is 22.5 Å². The van der Waals surface area contributed by atoms with Crippen LogP contribution in [0, 0.1) is 0 Å². The molecule has 2 aromatic heterocycles. The molecule has 2 aromatic carbocycles. The molecule has 0 aliphatic carbocycles. The number of nitrogens with zero attached hydrogens (tertiary/aromatic N) is 6. The van der Waals surface area contributed by atoms with E-state index in [4.69, 9.17) is 5.10 Å². The second-order valence-corrected chi connectivity index (χ2v) is 9.00. The molecule has 4 rings (SSSR count). The number of aromatic nitrogens is 7. The average molecular weight is 474 g/mol. The van der Waals surface area contributed by atoms with Gasteiger partial charge in [0.25, 0.3) is 0 Å². The third-order valence-electron chi connectivity index (χ3n) is 6.35. The van der Waals surface area contributed by atoms with Crippen LogP contribution in [0.4, 0.5) is 0 Å². The molecule has 0 saturated heterocycles. The first kappa shape index (κ1) is 24.6. The fourth-order valence-electron chi connectivity index (χ4n) is 4.37. The van der Waals surface area contributed by atoms with Crippen LogP contribution in [-0.4, -0.2) is 35.0 Å². The lowest BCUT2D eigenvalue weighted by atomic mass is 9.98. The number of hydrogen-bond acceptors (Lipinski definition) is 5. The van der Waals surface area contributed by atoms with Gasteiger partial charge in [-0.25, -0.2) is 9.48 Å². The highest BCUT2D eigenvalue weighted by Gasteiger charge is 2.15. The minimum absolute atomic E-state index is 0.00174. The zero-order valence-corrected chi connectivity index (χ0v) is 20.8. The van der Waals surface area contributed by atoms with Gasteiger partial charge in [-0.3, -0.25) is 4.57 Å². The van der Waals surface area contributed by atoms with Gasteiger partial charge < -0.3 is 0 Å². The Morgan fingerprint density at radius 1 is 0.857 bits per heavy atom. The first-order valence-electron chi connectivity index (χ1n) is 12.8. The molecule has 0 saturated carbocycles. The van der Waals surface area contributed by atoms with Gasteiger partial charge in [-0.05, 0) is 34.7 Å². The van der Waals surface area contributed by atoms with Gasteiger partial charge in [0, 0.05) is 18.5 Å². The van der Waals surface area contributed by atoms with Gasteiger partial charge in [-0.15, -0.1) is 10.2 Å². The smallest absolute Gasteiger partial charge is 0.274 e. The van der Waals surface area contributed by atoms with Gasteiger partial charge in [0.15, 0.2) is 0 Å². The Hall–Kier alpha value is -3.55. The Balaban J connectivity index is 1.55. The first-order chi connectivity index (χ1) is 17.2. The molecule has 2 heterocycles. The Morgan fingerprint density at radius 3 is 2.31 bits per heavy atom. The molecule has 8 nitrogen and oxygen atoms in total. The number of tetrazole rings is 1. The van der Waals surface area contributed by atoms with Gasteiger partial charge >= 0.3 is 5.69 Å². The molecule has 0 unspecified atom stereocenters. The Labute approximate surface area is 206 Å². The monoisotopic (exact) mass is 473 g/mol. The predicted molar refractivity (Wildman–Crippen MR) is 138 cm³/mol. The fraction of sp³-hybridized carbons (Fsp3) is 0.444. The van der Waals surface area contributed by atoms with Crippen molar-refractivity contribution in [3.63, 3.8) is 0 Å². The van der Waals surface area contributed by atoms with E-state index < -0.39 is 0 Å². The number of hydrogen-bond donors (Lipinski definition) is 1. The molecule has 0 spiro atoms. The van der Waals surface area contributed by atoms with Crippen LogP contribution in [0.5, 0.6) is 0 Å². The van der Waals surface area contributed by atoms with Crippen molar-refractivity contribution in [1.29, 1.82) is 0 Å². The van der Waals surface area contributed by atoms with Crippen LogP contribution in [-0.2, 0) is 19.5 Å². The third-order valence-corrected chi connectivity index (χ3v) is 6.35. The standard InChI is InChI=1S/C27H35N7O/c1-3-5-7-8-14-25-30-34(19-11-6-4-2)27(35)33(25)20-21-15-17-22(18-16-21)23-12-9-10-13-24(23)26-28-31-32-29-26/h9-10,12-13,15-18H,3-8,11,14,19-20H2,1-2H3,(H,28,29,31,32). The van der Waals surface area contributed by atoms with Gasteiger partial charge in [0.2, 0.25) is 5.82 Å². The lowest BCUT2D eigenvalue weighted by Gasteiger charge is -2.09. The highest BCUT2D eigenvalue weighted by Crippen LogP contribution is 2.29. The second-order valence-electron chi connectivity index (χ2n) is 9.00.